The SMILES string of the molecule is CS(=O)(=O)N[C@@H]1CCCN(C(=O)CCc2ccco2)C1. The van der Waals surface area contributed by atoms with Gasteiger partial charge in [0, 0.05) is 32.0 Å². The molecule has 6 nitrogen and oxygen atoms in total. The van der Waals surface area contributed by atoms with Gasteiger partial charge in [-0.2, -0.15) is 0 Å². The average Bonchev–Trinajstić information content (AvgIpc) is 2.87. The van der Waals surface area contributed by atoms with Crippen molar-refractivity contribution in [3.05, 3.63) is 24.2 Å². The van der Waals surface area contributed by atoms with Crippen LogP contribution in [0.5, 0.6) is 0 Å². The van der Waals surface area contributed by atoms with Crippen LogP contribution >= 0.6 is 0 Å². The van der Waals surface area contributed by atoms with E-state index in [2.05, 4.69) is 4.72 Å². The zero-order valence-electron chi connectivity index (χ0n) is 11.5. The van der Waals surface area contributed by atoms with Gasteiger partial charge in [-0.3, -0.25) is 4.79 Å². The fraction of sp³-hybridized carbons (Fsp3) is 0.615. The van der Waals surface area contributed by atoms with Crippen LogP contribution in [0.3, 0.4) is 0 Å². The Bertz CT molecular complexity index is 539. The van der Waals surface area contributed by atoms with E-state index < -0.39 is 10.0 Å². The van der Waals surface area contributed by atoms with Gasteiger partial charge < -0.3 is 9.32 Å². The molecule has 2 rings (SSSR count). The summed E-state index contributed by atoms with van der Waals surface area (Å²) in [6, 6.07) is 3.47. The third-order valence-electron chi connectivity index (χ3n) is 3.32. The lowest BCUT2D eigenvalue weighted by molar-refractivity contribution is -0.132. The second-order valence-corrected chi connectivity index (χ2v) is 6.93. The van der Waals surface area contributed by atoms with Gasteiger partial charge in [-0.1, -0.05) is 0 Å². The van der Waals surface area contributed by atoms with Crippen molar-refractivity contribution in [3.8, 4) is 0 Å². The van der Waals surface area contributed by atoms with Crippen molar-refractivity contribution in [2.45, 2.75) is 31.7 Å². The van der Waals surface area contributed by atoms with Crippen molar-refractivity contribution in [2.24, 2.45) is 0 Å². The van der Waals surface area contributed by atoms with Crippen LogP contribution in [0.25, 0.3) is 0 Å². The van der Waals surface area contributed by atoms with E-state index in [0.29, 0.717) is 25.9 Å². The van der Waals surface area contributed by atoms with Crippen molar-refractivity contribution in [1.82, 2.24) is 9.62 Å². The molecule has 1 saturated heterocycles. The summed E-state index contributed by atoms with van der Waals surface area (Å²) in [5, 5.41) is 0. The van der Waals surface area contributed by atoms with Crippen molar-refractivity contribution in [3.63, 3.8) is 0 Å². The molecule has 1 fully saturated rings. The zero-order valence-corrected chi connectivity index (χ0v) is 12.4. The lowest BCUT2D eigenvalue weighted by atomic mass is 10.1. The molecule has 1 N–H and O–H groups in total. The standard InChI is InChI=1S/C13H20N2O4S/c1-20(17,18)14-11-4-2-8-15(10-11)13(16)7-6-12-5-3-9-19-12/h3,5,9,11,14H,2,4,6-8,10H2,1H3/t11-/m1/s1. The third-order valence-corrected chi connectivity index (χ3v) is 4.08. The summed E-state index contributed by atoms with van der Waals surface area (Å²) in [5.74, 6) is 0.836. The van der Waals surface area contributed by atoms with E-state index in [0.717, 1.165) is 24.9 Å². The van der Waals surface area contributed by atoms with Gasteiger partial charge >= 0.3 is 0 Å². The molecular weight excluding hydrogens is 280 g/mol. The number of carbonyl (C=O) groups excluding carboxylic acids is 1. The lowest BCUT2D eigenvalue weighted by Gasteiger charge is -2.32. The molecule has 0 spiro atoms. The first-order chi connectivity index (χ1) is 9.44. The van der Waals surface area contributed by atoms with Crippen LogP contribution in [0, 0.1) is 0 Å². The van der Waals surface area contributed by atoms with E-state index in [1.165, 1.54) is 0 Å². The summed E-state index contributed by atoms with van der Waals surface area (Å²) < 4.78 is 30.2. The number of furan rings is 1. The summed E-state index contributed by atoms with van der Waals surface area (Å²) in [7, 11) is -3.22. The first-order valence-corrected chi connectivity index (χ1v) is 8.60. The molecule has 1 aliphatic heterocycles. The third kappa shape index (κ3) is 4.64. The van der Waals surface area contributed by atoms with Crippen LogP contribution < -0.4 is 4.72 Å². The largest absolute Gasteiger partial charge is 0.469 e. The quantitative estimate of drug-likeness (QED) is 0.870. The van der Waals surface area contributed by atoms with E-state index >= 15 is 0 Å². The Hall–Kier alpha value is -1.34. The molecule has 1 aliphatic rings. The molecular formula is C13H20N2O4S. The minimum absolute atomic E-state index is 0.0430. The Morgan fingerprint density at radius 3 is 3.00 bits per heavy atom. The number of aryl methyl sites for hydroxylation is 1. The van der Waals surface area contributed by atoms with Gasteiger partial charge in [0.05, 0.1) is 12.5 Å². The van der Waals surface area contributed by atoms with Crippen molar-refractivity contribution in [2.75, 3.05) is 19.3 Å². The van der Waals surface area contributed by atoms with Crippen molar-refractivity contribution >= 4 is 15.9 Å². The van der Waals surface area contributed by atoms with Gasteiger partial charge in [0.15, 0.2) is 0 Å². The molecule has 0 unspecified atom stereocenters. The highest BCUT2D eigenvalue weighted by Gasteiger charge is 2.25. The number of piperidine rings is 1. The molecule has 1 aromatic heterocycles. The number of hydrogen-bond acceptors (Lipinski definition) is 4. The fourth-order valence-electron chi connectivity index (χ4n) is 2.45. The second kappa shape index (κ2) is 6.41. The molecule has 2 heterocycles. The van der Waals surface area contributed by atoms with Gasteiger partial charge in [0.2, 0.25) is 15.9 Å². The highest BCUT2D eigenvalue weighted by Crippen LogP contribution is 2.13. The van der Waals surface area contributed by atoms with Crippen LogP contribution in [0.1, 0.15) is 25.0 Å². The first-order valence-electron chi connectivity index (χ1n) is 6.71. The smallest absolute Gasteiger partial charge is 0.223 e. The molecule has 0 aliphatic carbocycles. The minimum atomic E-state index is -3.22. The Labute approximate surface area is 119 Å². The number of rotatable bonds is 5. The van der Waals surface area contributed by atoms with E-state index in [-0.39, 0.29) is 11.9 Å². The highest BCUT2D eigenvalue weighted by molar-refractivity contribution is 7.88. The molecule has 0 saturated carbocycles. The van der Waals surface area contributed by atoms with Crippen molar-refractivity contribution in [1.29, 1.82) is 0 Å². The predicted octanol–water partition coefficient (Wildman–Crippen LogP) is 0.752. The van der Waals surface area contributed by atoms with Gasteiger partial charge in [-0.15, -0.1) is 0 Å². The number of sulfonamides is 1. The number of likely N-dealkylation sites (tertiary alicyclic amines) is 1. The van der Waals surface area contributed by atoms with E-state index in [1.54, 1.807) is 17.2 Å². The second-order valence-electron chi connectivity index (χ2n) is 5.15. The molecule has 1 atom stereocenters. The molecule has 0 aromatic carbocycles. The highest BCUT2D eigenvalue weighted by atomic mass is 32.2. The number of nitrogens with one attached hydrogen (secondary N) is 1. The van der Waals surface area contributed by atoms with Crippen LogP contribution in [0.4, 0.5) is 0 Å². The lowest BCUT2D eigenvalue weighted by Crippen LogP contribution is -2.49. The van der Waals surface area contributed by atoms with Gasteiger partial charge in [-0.05, 0) is 25.0 Å². The molecule has 1 amide bonds. The topological polar surface area (TPSA) is 79.6 Å². The van der Waals surface area contributed by atoms with Gasteiger partial charge in [-0.25, -0.2) is 13.1 Å². The van der Waals surface area contributed by atoms with E-state index in [1.807, 2.05) is 6.07 Å². The summed E-state index contributed by atoms with van der Waals surface area (Å²) in [4.78, 5) is 13.8. The number of carbonyl (C=O) groups is 1. The number of hydrogen-bond donors (Lipinski definition) is 1. The Morgan fingerprint density at radius 2 is 2.35 bits per heavy atom. The van der Waals surface area contributed by atoms with E-state index in [9.17, 15) is 13.2 Å². The summed E-state index contributed by atoms with van der Waals surface area (Å²) in [6.07, 6.45) is 5.29. The Balaban J connectivity index is 1.83. The van der Waals surface area contributed by atoms with Crippen LogP contribution in [0.2, 0.25) is 0 Å². The van der Waals surface area contributed by atoms with Crippen LogP contribution in [-0.2, 0) is 21.2 Å². The van der Waals surface area contributed by atoms with Crippen LogP contribution in [-0.4, -0.2) is 44.6 Å². The predicted molar refractivity (Wildman–Crippen MR) is 74.6 cm³/mol. The van der Waals surface area contributed by atoms with Gasteiger partial charge in [0.1, 0.15) is 5.76 Å². The normalized spacial score (nSPS) is 20.1. The Morgan fingerprint density at radius 1 is 1.55 bits per heavy atom. The van der Waals surface area contributed by atoms with Crippen LogP contribution in [0.15, 0.2) is 22.8 Å². The maximum atomic E-state index is 12.1. The molecule has 112 valence electrons. The number of amides is 1. The molecule has 20 heavy (non-hydrogen) atoms. The monoisotopic (exact) mass is 300 g/mol. The number of nitrogens with zero attached hydrogens (tertiary/aromatic N) is 1. The fourth-order valence-corrected chi connectivity index (χ4v) is 3.24. The maximum absolute atomic E-state index is 12.1. The molecule has 0 bridgehead atoms. The van der Waals surface area contributed by atoms with Gasteiger partial charge in [0.25, 0.3) is 0 Å². The van der Waals surface area contributed by atoms with E-state index in [4.69, 9.17) is 4.42 Å². The summed E-state index contributed by atoms with van der Waals surface area (Å²) >= 11 is 0. The molecule has 0 radical (unpaired) electrons. The summed E-state index contributed by atoms with van der Waals surface area (Å²) in [6.45, 7) is 1.14. The minimum Gasteiger partial charge on any atom is -0.469 e. The molecule has 1 aromatic rings. The zero-order chi connectivity index (χ0) is 14.6. The first kappa shape index (κ1) is 15.1. The molecule has 7 heteroatoms. The van der Waals surface area contributed by atoms with Crippen molar-refractivity contribution < 1.29 is 17.6 Å². The maximum Gasteiger partial charge on any atom is 0.223 e. The Kier molecular flexibility index (Phi) is 4.82. The summed E-state index contributed by atoms with van der Waals surface area (Å²) in [5.41, 5.74) is 0. The average molecular weight is 300 g/mol.